The van der Waals surface area contributed by atoms with E-state index in [4.69, 9.17) is 9.84 Å². The lowest BCUT2D eigenvalue weighted by molar-refractivity contribution is -0.384. The van der Waals surface area contributed by atoms with E-state index in [1.165, 1.54) is 19.2 Å². The standard InChI is InChI=1S/C11H12N2O6/c1-19-5-4-10(14)12-8-3-2-7(11(15)16)6-9(8)13(17)18/h2-3,6H,4-5H2,1H3,(H,12,14)(H,15,16). The zero-order chi connectivity index (χ0) is 14.4. The highest BCUT2D eigenvalue weighted by atomic mass is 16.6. The maximum atomic E-state index is 11.4. The second kappa shape index (κ2) is 6.45. The summed E-state index contributed by atoms with van der Waals surface area (Å²) in [5, 5.41) is 21.9. The Bertz CT molecular complexity index is 514. The highest BCUT2D eigenvalue weighted by molar-refractivity contribution is 5.95. The molecular formula is C11H12N2O6. The second-order valence-corrected chi connectivity index (χ2v) is 3.59. The number of nitro benzene ring substituents is 1. The largest absolute Gasteiger partial charge is 0.478 e. The summed E-state index contributed by atoms with van der Waals surface area (Å²) in [5.41, 5.74) is -0.733. The summed E-state index contributed by atoms with van der Waals surface area (Å²) in [7, 11) is 1.43. The predicted molar refractivity (Wildman–Crippen MR) is 65.2 cm³/mol. The Morgan fingerprint density at radius 3 is 2.68 bits per heavy atom. The van der Waals surface area contributed by atoms with Gasteiger partial charge < -0.3 is 15.2 Å². The Morgan fingerprint density at radius 2 is 2.16 bits per heavy atom. The van der Waals surface area contributed by atoms with Gasteiger partial charge in [0.2, 0.25) is 5.91 Å². The number of nitro groups is 1. The zero-order valence-corrected chi connectivity index (χ0v) is 10.1. The van der Waals surface area contributed by atoms with Gasteiger partial charge in [0.05, 0.1) is 23.5 Å². The van der Waals surface area contributed by atoms with Crippen LogP contribution in [-0.4, -0.2) is 35.6 Å². The summed E-state index contributed by atoms with van der Waals surface area (Å²) >= 11 is 0. The first-order valence-corrected chi connectivity index (χ1v) is 5.26. The quantitative estimate of drug-likeness (QED) is 0.592. The molecule has 102 valence electrons. The molecule has 1 amide bonds. The van der Waals surface area contributed by atoms with E-state index in [2.05, 4.69) is 5.32 Å². The van der Waals surface area contributed by atoms with Crippen LogP contribution in [0.25, 0.3) is 0 Å². The number of benzene rings is 1. The average Bonchev–Trinajstić information content (AvgIpc) is 2.36. The number of ether oxygens (including phenoxy) is 1. The topological polar surface area (TPSA) is 119 Å². The van der Waals surface area contributed by atoms with Crippen LogP contribution < -0.4 is 5.32 Å². The lowest BCUT2D eigenvalue weighted by Crippen LogP contribution is -2.15. The van der Waals surface area contributed by atoms with E-state index >= 15 is 0 Å². The Kier molecular flexibility index (Phi) is 4.95. The monoisotopic (exact) mass is 268 g/mol. The fourth-order valence-electron chi connectivity index (χ4n) is 1.33. The zero-order valence-electron chi connectivity index (χ0n) is 10.1. The number of nitrogens with one attached hydrogen (secondary N) is 1. The molecule has 2 N–H and O–H groups in total. The van der Waals surface area contributed by atoms with E-state index in [0.717, 1.165) is 6.07 Å². The van der Waals surface area contributed by atoms with Gasteiger partial charge in [-0.1, -0.05) is 0 Å². The van der Waals surface area contributed by atoms with Gasteiger partial charge in [0.25, 0.3) is 5.69 Å². The average molecular weight is 268 g/mol. The number of carboxylic acid groups (broad SMARTS) is 1. The molecule has 0 aliphatic carbocycles. The molecule has 0 spiro atoms. The van der Waals surface area contributed by atoms with Gasteiger partial charge in [0, 0.05) is 13.2 Å². The van der Waals surface area contributed by atoms with Gasteiger partial charge >= 0.3 is 5.97 Å². The Labute approximate surface area is 108 Å². The number of hydrogen-bond acceptors (Lipinski definition) is 5. The Balaban J connectivity index is 2.97. The molecule has 0 bridgehead atoms. The maximum Gasteiger partial charge on any atom is 0.335 e. The minimum Gasteiger partial charge on any atom is -0.478 e. The number of anilines is 1. The summed E-state index contributed by atoms with van der Waals surface area (Å²) in [6.45, 7) is 0.187. The van der Waals surface area contributed by atoms with Gasteiger partial charge in [-0.3, -0.25) is 14.9 Å². The molecule has 0 saturated carbocycles. The van der Waals surface area contributed by atoms with Crippen molar-refractivity contribution in [3.63, 3.8) is 0 Å². The number of carbonyl (C=O) groups excluding carboxylic acids is 1. The van der Waals surface area contributed by atoms with Crippen LogP contribution in [0.2, 0.25) is 0 Å². The lowest BCUT2D eigenvalue weighted by atomic mass is 10.1. The molecule has 0 saturated heterocycles. The maximum absolute atomic E-state index is 11.4. The minimum atomic E-state index is -1.28. The summed E-state index contributed by atoms with van der Waals surface area (Å²) in [5.74, 6) is -1.73. The summed E-state index contributed by atoms with van der Waals surface area (Å²) in [6.07, 6.45) is 0.0499. The molecule has 0 radical (unpaired) electrons. The molecule has 0 unspecified atom stereocenters. The first-order chi connectivity index (χ1) is 8.95. The Morgan fingerprint density at radius 1 is 1.47 bits per heavy atom. The van der Waals surface area contributed by atoms with Crippen LogP contribution in [0.15, 0.2) is 18.2 Å². The number of methoxy groups -OCH3 is 1. The molecule has 0 aliphatic heterocycles. The molecule has 1 rings (SSSR count). The van der Waals surface area contributed by atoms with Crippen LogP contribution in [0.5, 0.6) is 0 Å². The molecule has 0 aliphatic rings. The third kappa shape index (κ3) is 4.03. The number of carbonyl (C=O) groups is 2. The van der Waals surface area contributed by atoms with Crippen molar-refractivity contribution in [3.05, 3.63) is 33.9 Å². The van der Waals surface area contributed by atoms with E-state index in [-0.39, 0.29) is 24.3 Å². The smallest absolute Gasteiger partial charge is 0.335 e. The summed E-state index contributed by atoms with van der Waals surface area (Å²) < 4.78 is 4.71. The molecule has 0 fully saturated rings. The van der Waals surface area contributed by atoms with Gasteiger partial charge in [0.15, 0.2) is 0 Å². The number of aromatic carboxylic acids is 1. The molecule has 1 aromatic carbocycles. The van der Waals surface area contributed by atoms with Gasteiger partial charge in [-0.05, 0) is 12.1 Å². The molecule has 1 aromatic rings. The third-order valence-electron chi connectivity index (χ3n) is 2.25. The first kappa shape index (κ1) is 14.6. The van der Waals surface area contributed by atoms with E-state index in [1.807, 2.05) is 0 Å². The van der Waals surface area contributed by atoms with Crippen LogP contribution in [0.4, 0.5) is 11.4 Å². The molecule has 0 atom stereocenters. The van der Waals surface area contributed by atoms with Crippen LogP contribution in [0.3, 0.4) is 0 Å². The Hall–Kier alpha value is -2.48. The van der Waals surface area contributed by atoms with Crippen molar-refractivity contribution < 1.29 is 24.4 Å². The fourth-order valence-corrected chi connectivity index (χ4v) is 1.33. The molecule has 0 aromatic heterocycles. The summed E-state index contributed by atoms with van der Waals surface area (Å²) in [4.78, 5) is 32.2. The third-order valence-corrected chi connectivity index (χ3v) is 2.25. The van der Waals surface area contributed by atoms with Crippen molar-refractivity contribution in [3.8, 4) is 0 Å². The number of hydrogen-bond donors (Lipinski definition) is 2. The van der Waals surface area contributed by atoms with Crippen molar-refractivity contribution in [2.24, 2.45) is 0 Å². The normalized spacial score (nSPS) is 9.95. The van der Waals surface area contributed by atoms with Gasteiger partial charge in [0.1, 0.15) is 5.69 Å². The van der Waals surface area contributed by atoms with E-state index in [1.54, 1.807) is 0 Å². The highest BCUT2D eigenvalue weighted by Crippen LogP contribution is 2.25. The number of nitrogens with zero attached hydrogens (tertiary/aromatic N) is 1. The van der Waals surface area contributed by atoms with Crippen LogP contribution in [-0.2, 0) is 9.53 Å². The predicted octanol–water partition coefficient (Wildman–Crippen LogP) is 1.27. The van der Waals surface area contributed by atoms with Crippen LogP contribution >= 0.6 is 0 Å². The fraction of sp³-hybridized carbons (Fsp3) is 0.273. The van der Waals surface area contributed by atoms with Crippen molar-refractivity contribution in [2.75, 3.05) is 19.0 Å². The molecule has 19 heavy (non-hydrogen) atoms. The van der Waals surface area contributed by atoms with Gasteiger partial charge in [-0.2, -0.15) is 0 Å². The highest BCUT2D eigenvalue weighted by Gasteiger charge is 2.18. The van der Waals surface area contributed by atoms with Crippen LogP contribution in [0, 0.1) is 10.1 Å². The van der Waals surface area contributed by atoms with Crippen LogP contribution in [0.1, 0.15) is 16.8 Å². The minimum absolute atomic E-state index is 0.0453. The second-order valence-electron chi connectivity index (χ2n) is 3.59. The van der Waals surface area contributed by atoms with Gasteiger partial charge in [-0.15, -0.1) is 0 Å². The van der Waals surface area contributed by atoms with Crippen molar-refractivity contribution in [2.45, 2.75) is 6.42 Å². The number of carboxylic acids is 1. The first-order valence-electron chi connectivity index (χ1n) is 5.26. The van der Waals surface area contributed by atoms with E-state index in [9.17, 15) is 19.7 Å². The van der Waals surface area contributed by atoms with E-state index in [0.29, 0.717) is 0 Å². The van der Waals surface area contributed by atoms with Crippen molar-refractivity contribution in [1.29, 1.82) is 0 Å². The molecule has 0 heterocycles. The van der Waals surface area contributed by atoms with Crippen molar-refractivity contribution in [1.82, 2.24) is 0 Å². The number of rotatable bonds is 6. The molecule has 8 heteroatoms. The summed E-state index contributed by atoms with van der Waals surface area (Å²) in [6, 6.07) is 3.27. The lowest BCUT2D eigenvalue weighted by Gasteiger charge is -2.06. The van der Waals surface area contributed by atoms with E-state index < -0.39 is 22.5 Å². The van der Waals surface area contributed by atoms with Gasteiger partial charge in [-0.25, -0.2) is 4.79 Å². The SMILES string of the molecule is COCCC(=O)Nc1ccc(C(=O)O)cc1[N+](=O)[O-]. The van der Waals surface area contributed by atoms with Crippen molar-refractivity contribution >= 4 is 23.3 Å². The molecular weight excluding hydrogens is 256 g/mol. The number of amides is 1. The molecule has 8 nitrogen and oxygen atoms in total.